The predicted octanol–water partition coefficient (Wildman–Crippen LogP) is 4.73. The molecule has 2 rings (SSSR count). The lowest BCUT2D eigenvalue weighted by molar-refractivity contribution is 0.0783. The second-order valence-corrected chi connectivity index (χ2v) is 7.42. The average molecular weight is 295 g/mol. The van der Waals surface area contributed by atoms with Gasteiger partial charge in [-0.2, -0.15) is 0 Å². The Hall–Kier alpha value is -0.0800. The third-order valence-corrected chi connectivity index (χ3v) is 5.69. The molecule has 0 radical (unpaired) electrons. The molecule has 0 aromatic carbocycles. The van der Waals surface area contributed by atoms with E-state index in [4.69, 9.17) is 0 Å². The second kappa shape index (κ2) is 9.84. The maximum absolute atomic E-state index is 3.56. The highest BCUT2D eigenvalue weighted by Gasteiger charge is 2.28. The van der Waals surface area contributed by atoms with Crippen molar-refractivity contribution in [3.8, 4) is 0 Å². The standard InChI is InChI=1S/C19H38N2/c1-3-20-17(2)11-10-16-21(18-12-6-4-7-13-18)19-14-8-5-9-15-19/h17-20H,3-16H2,1-2H3. The molecule has 21 heavy (non-hydrogen) atoms. The van der Waals surface area contributed by atoms with Gasteiger partial charge >= 0.3 is 0 Å². The van der Waals surface area contributed by atoms with Crippen molar-refractivity contribution in [2.24, 2.45) is 0 Å². The van der Waals surface area contributed by atoms with Gasteiger partial charge in [0.25, 0.3) is 0 Å². The first kappa shape index (κ1) is 17.3. The molecule has 0 aromatic heterocycles. The molecule has 124 valence electrons. The first-order valence-electron chi connectivity index (χ1n) is 9.80. The minimum Gasteiger partial charge on any atom is -0.315 e. The van der Waals surface area contributed by atoms with E-state index in [9.17, 15) is 0 Å². The van der Waals surface area contributed by atoms with Gasteiger partial charge in [-0.1, -0.05) is 45.4 Å². The predicted molar refractivity (Wildman–Crippen MR) is 92.8 cm³/mol. The largest absolute Gasteiger partial charge is 0.315 e. The lowest BCUT2D eigenvalue weighted by Crippen LogP contribution is -2.45. The fourth-order valence-corrected chi connectivity index (χ4v) is 4.52. The molecule has 1 N–H and O–H groups in total. The first-order chi connectivity index (χ1) is 10.3. The van der Waals surface area contributed by atoms with Crippen molar-refractivity contribution in [2.45, 2.75) is 109 Å². The van der Waals surface area contributed by atoms with E-state index in [1.165, 1.54) is 83.6 Å². The fraction of sp³-hybridized carbons (Fsp3) is 1.00. The molecule has 0 aliphatic heterocycles. The molecule has 0 spiro atoms. The van der Waals surface area contributed by atoms with E-state index in [0.29, 0.717) is 6.04 Å². The summed E-state index contributed by atoms with van der Waals surface area (Å²) in [5.74, 6) is 0. The van der Waals surface area contributed by atoms with Crippen LogP contribution in [0.25, 0.3) is 0 Å². The Bertz CT molecular complexity index is 236. The van der Waals surface area contributed by atoms with E-state index in [1.54, 1.807) is 0 Å². The molecule has 0 bridgehead atoms. The van der Waals surface area contributed by atoms with Crippen molar-refractivity contribution in [2.75, 3.05) is 13.1 Å². The van der Waals surface area contributed by atoms with Gasteiger partial charge in [0.1, 0.15) is 0 Å². The third kappa shape index (κ3) is 5.90. The van der Waals surface area contributed by atoms with E-state index in [-0.39, 0.29) is 0 Å². The molecule has 2 aliphatic carbocycles. The quantitative estimate of drug-likeness (QED) is 0.696. The normalized spacial score (nSPS) is 23.6. The van der Waals surface area contributed by atoms with Crippen LogP contribution in [0, 0.1) is 0 Å². The Morgan fingerprint density at radius 2 is 1.43 bits per heavy atom. The van der Waals surface area contributed by atoms with E-state index in [0.717, 1.165) is 18.6 Å². The van der Waals surface area contributed by atoms with Crippen LogP contribution in [-0.4, -0.2) is 36.1 Å². The molecule has 0 heterocycles. The minimum absolute atomic E-state index is 0.689. The highest BCUT2D eigenvalue weighted by molar-refractivity contribution is 4.84. The maximum Gasteiger partial charge on any atom is 0.00981 e. The molecule has 2 aliphatic rings. The van der Waals surface area contributed by atoms with Crippen LogP contribution in [0.1, 0.15) is 90.9 Å². The van der Waals surface area contributed by atoms with Gasteiger partial charge in [-0.15, -0.1) is 0 Å². The first-order valence-corrected chi connectivity index (χ1v) is 9.80. The second-order valence-electron chi connectivity index (χ2n) is 7.42. The molecular formula is C19H38N2. The van der Waals surface area contributed by atoms with Gasteiger partial charge in [-0.25, -0.2) is 0 Å². The van der Waals surface area contributed by atoms with Gasteiger partial charge in [0, 0.05) is 18.1 Å². The summed E-state index contributed by atoms with van der Waals surface area (Å²) in [4.78, 5) is 2.96. The maximum atomic E-state index is 3.56. The van der Waals surface area contributed by atoms with Crippen molar-refractivity contribution in [3.63, 3.8) is 0 Å². The lowest BCUT2D eigenvalue weighted by atomic mass is 9.88. The average Bonchev–Trinajstić information content (AvgIpc) is 2.53. The molecule has 1 atom stereocenters. The summed E-state index contributed by atoms with van der Waals surface area (Å²) in [7, 11) is 0. The molecule has 0 aromatic rings. The van der Waals surface area contributed by atoms with Crippen molar-refractivity contribution >= 4 is 0 Å². The van der Waals surface area contributed by atoms with Crippen LogP contribution in [0.5, 0.6) is 0 Å². The Balaban J connectivity index is 1.82. The Kier molecular flexibility index (Phi) is 8.10. The van der Waals surface area contributed by atoms with Crippen LogP contribution in [-0.2, 0) is 0 Å². The summed E-state index contributed by atoms with van der Waals surface area (Å²) in [6, 6.07) is 2.52. The topological polar surface area (TPSA) is 15.3 Å². The Labute approximate surface area is 133 Å². The summed E-state index contributed by atoms with van der Waals surface area (Å²) in [5.41, 5.74) is 0. The zero-order valence-corrected chi connectivity index (χ0v) is 14.6. The van der Waals surface area contributed by atoms with Crippen LogP contribution < -0.4 is 5.32 Å². The molecule has 0 amide bonds. The number of rotatable bonds is 8. The summed E-state index contributed by atoms with van der Waals surface area (Å²) >= 11 is 0. The zero-order chi connectivity index (χ0) is 14.9. The van der Waals surface area contributed by atoms with Crippen LogP contribution in [0.2, 0.25) is 0 Å². The van der Waals surface area contributed by atoms with Gasteiger partial charge in [-0.3, -0.25) is 4.90 Å². The monoisotopic (exact) mass is 294 g/mol. The third-order valence-electron chi connectivity index (χ3n) is 5.69. The smallest absolute Gasteiger partial charge is 0.00981 e. The lowest BCUT2D eigenvalue weighted by Gasteiger charge is -2.42. The zero-order valence-electron chi connectivity index (χ0n) is 14.6. The summed E-state index contributed by atoms with van der Waals surface area (Å²) in [6.45, 7) is 7.02. The molecular weight excluding hydrogens is 256 g/mol. The Morgan fingerprint density at radius 1 is 0.905 bits per heavy atom. The molecule has 2 heteroatoms. The number of hydrogen-bond acceptors (Lipinski definition) is 2. The summed E-state index contributed by atoms with van der Waals surface area (Å²) in [6.07, 6.45) is 17.5. The fourth-order valence-electron chi connectivity index (χ4n) is 4.52. The molecule has 0 saturated heterocycles. The van der Waals surface area contributed by atoms with Crippen molar-refractivity contribution in [1.82, 2.24) is 10.2 Å². The van der Waals surface area contributed by atoms with Crippen LogP contribution in [0.15, 0.2) is 0 Å². The van der Waals surface area contributed by atoms with E-state index < -0.39 is 0 Å². The van der Waals surface area contributed by atoms with Crippen molar-refractivity contribution in [3.05, 3.63) is 0 Å². The van der Waals surface area contributed by atoms with E-state index >= 15 is 0 Å². The van der Waals surface area contributed by atoms with E-state index in [2.05, 4.69) is 24.1 Å². The summed E-state index contributed by atoms with van der Waals surface area (Å²) in [5, 5.41) is 3.56. The summed E-state index contributed by atoms with van der Waals surface area (Å²) < 4.78 is 0. The highest BCUT2D eigenvalue weighted by Crippen LogP contribution is 2.30. The van der Waals surface area contributed by atoms with Gasteiger partial charge < -0.3 is 5.32 Å². The number of hydrogen-bond donors (Lipinski definition) is 1. The minimum atomic E-state index is 0.689. The van der Waals surface area contributed by atoms with Crippen molar-refractivity contribution in [1.29, 1.82) is 0 Å². The van der Waals surface area contributed by atoms with Gasteiger partial charge in [-0.05, 0) is 58.5 Å². The molecule has 1 unspecified atom stereocenters. The highest BCUT2D eigenvalue weighted by atomic mass is 15.2. The van der Waals surface area contributed by atoms with Crippen LogP contribution >= 0.6 is 0 Å². The molecule has 2 fully saturated rings. The van der Waals surface area contributed by atoms with Crippen molar-refractivity contribution < 1.29 is 0 Å². The number of nitrogens with one attached hydrogen (secondary N) is 1. The van der Waals surface area contributed by atoms with Crippen LogP contribution in [0.4, 0.5) is 0 Å². The Morgan fingerprint density at radius 3 is 1.90 bits per heavy atom. The van der Waals surface area contributed by atoms with Gasteiger partial charge in [0.2, 0.25) is 0 Å². The van der Waals surface area contributed by atoms with E-state index in [1.807, 2.05) is 0 Å². The molecule has 2 nitrogen and oxygen atoms in total. The van der Waals surface area contributed by atoms with Gasteiger partial charge in [0.05, 0.1) is 0 Å². The molecule has 2 saturated carbocycles. The van der Waals surface area contributed by atoms with Crippen LogP contribution in [0.3, 0.4) is 0 Å². The van der Waals surface area contributed by atoms with Gasteiger partial charge in [0.15, 0.2) is 0 Å². The number of nitrogens with zero attached hydrogens (tertiary/aromatic N) is 1. The SMILES string of the molecule is CCNC(C)CCCN(C1CCCCC1)C1CCCCC1.